The fraction of sp³-hybridized carbons (Fsp3) is 0.154. The average Bonchev–Trinajstić information content (AvgIpc) is 2.76. The van der Waals surface area contributed by atoms with Crippen LogP contribution in [0.3, 0.4) is 0 Å². The smallest absolute Gasteiger partial charge is 0.110 e. The summed E-state index contributed by atoms with van der Waals surface area (Å²) in [5.41, 5.74) is 2.38. The highest BCUT2D eigenvalue weighted by molar-refractivity contribution is 7.12. The molecule has 0 atom stereocenters. The lowest BCUT2D eigenvalue weighted by atomic mass is 10.2. The Morgan fingerprint density at radius 2 is 2.06 bits per heavy atom. The zero-order valence-electron chi connectivity index (χ0n) is 9.03. The predicted octanol–water partition coefficient (Wildman–Crippen LogP) is 3.54. The number of nitrogens with one attached hydrogen (secondary N) is 1. The van der Waals surface area contributed by atoms with E-state index in [0.29, 0.717) is 0 Å². The van der Waals surface area contributed by atoms with E-state index < -0.39 is 0 Å². The van der Waals surface area contributed by atoms with Gasteiger partial charge in [0.1, 0.15) is 10.9 Å². The minimum Gasteiger partial charge on any atom is -0.380 e. The van der Waals surface area contributed by atoms with Crippen LogP contribution in [0, 0.1) is 18.3 Å². The molecule has 0 saturated carbocycles. The number of rotatable bonds is 3. The maximum absolute atomic E-state index is 8.72. The second-order valence-corrected chi connectivity index (χ2v) is 4.71. The second kappa shape index (κ2) is 4.82. The van der Waals surface area contributed by atoms with Crippen LogP contribution in [0.5, 0.6) is 0 Å². The second-order valence-electron chi connectivity index (χ2n) is 3.55. The van der Waals surface area contributed by atoms with Crippen LogP contribution < -0.4 is 5.32 Å². The fourth-order valence-electron chi connectivity index (χ4n) is 1.49. The molecule has 2 rings (SSSR count). The molecule has 0 spiro atoms. The van der Waals surface area contributed by atoms with Crippen LogP contribution in [0.15, 0.2) is 36.4 Å². The summed E-state index contributed by atoms with van der Waals surface area (Å²) in [5.74, 6) is 0. The van der Waals surface area contributed by atoms with Crippen molar-refractivity contribution in [1.29, 1.82) is 5.26 Å². The van der Waals surface area contributed by atoms with Gasteiger partial charge in [0, 0.05) is 17.1 Å². The minimum atomic E-state index is 0.765. The van der Waals surface area contributed by atoms with Gasteiger partial charge in [-0.15, -0.1) is 11.3 Å². The fourth-order valence-corrected chi connectivity index (χ4v) is 2.23. The Morgan fingerprint density at radius 3 is 2.75 bits per heavy atom. The maximum Gasteiger partial charge on any atom is 0.110 e. The van der Waals surface area contributed by atoms with Gasteiger partial charge >= 0.3 is 0 Å². The number of aryl methyl sites for hydroxylation is 1. The highest BCUT2D eigenvalue weighted by atomic mass is 32.1. The van der Waals surface area contributed by atoms with Gasteiger partial charge < -0.3 is 5.32 Å². The molecule has 0 aliphatic heterocycles. The molecule has 1 aromatic heterocycles. The van der Waals surface area contributed by atoms with Crippen molar-refractivity contribution in [2.75, 3.05) is 5.32 Å². The Morgan fingerprint density at radius 1 is 1.25 bits per heavy atom. The third kappa shape index (κ3) is 2.41. The summed E-state index contributed by atoms with van der Waals surface area (Å²) in [5, 5.41) is 12.1. The monoisotopic (exact) mass is 228 g/mol. The molecule has 0 aliphatic rings. The number of hydrogen-bond donors (Lipinski definition) is 1. The Hall–Kier alpha value is -1.79. The van der Waals surface area contributed by atoms with Gasteiger partial charge in [-0.3, -0.25) is 0 Å². The Kier molecular flexibility index (Phi) is 3.23. The van der Waals surface area contributed by atoms with Crippen LogP contribution in [0.1, 0.15) is 15.3 Å². The molecule has 3 heteroatoms. The summed E-state index contributed by atoms with van der Waals surface area (Å²) < 4.78 is 0. The van der Waals surface area contributed by atoms with E-state index in [1.165, 1.54) is 21.8 Å². The molecule has 1 N–H and O–H groups in total. The summed E-state index contributed by atoms with van der Waals surface area (Å²) in [6.45, 7) is 2.86. The zero-order valence-corrected chi connectivity index (χ0v) is 9.84. The molecule has 1 aromatic carbocycles. The van der Waals surface area contributed by atoms with Gasteiger partial charge in [0.05, 0.1) is 0 Å². The van der Waals surface area contributed by atoms with Gasteiger partial charge in [-0.25, -0.2) is 0 Å². The maximum atomic E-state index is 8.72. The van der Waals surface area contributed by atoms with E-state index >= 15 is 0 Å². The predicted molar refractivity (Wildman–Crippen MR) is 67.5 cm³/mol. The highest BCUT2D eigenvalue weighted by Crippen LogP contribution is 2.19. The molecule has 0 fully saturated rings. The zero-order chi connectivity index (χ0) is 11.4. The summed E-state index contributed by atoms with van der Waals surface area (Å²) in [6.07, 6.45) is 0. The molecule has 0 unspecified atom stereocenters. The first-order valence-corrected chi connectivity index (χ1v) is 5.89. The van der Waals surface area contributed by atoms with Crippen LogP contribution in [0.2, 0.25) is 0 Å². The first kappa shape index (κ1) is 10.7. The summed E-state index contributed by atoms with van der Waals surface area (Å²) in [4.78, 5) is 1.95. The Balaban J connectivity index is 2.03. The molecular formula is C13H12N2S. The normalized spacial score (nSPS) is 9.75. The third-order valence-corrected chi connectivity index (χ3v) is 3.36. The molecule has 16 heavy (non-hydrogen) atoms. The van der Waals surface area contributed by atoms with Gasteiger partial charge in [-0.2, -0.15) is 5.26 Å². The molecule has 0 saturated heterocycles. The van der Waals surface area contributed by atoms with Crippen molar-refractivity contribution in [2.45, 2.75) is 13.5 Å². The van der Waals surface area contributed by atoms with Crippen LogP contribution in [0.4, 0.5) is 5.69 Å². The van der Waals surface area contributed by atoms with Gasteiger partial charge in [0.25, 0.3) is 0 Å². The van der Waals surface area contributed by atoms with Gasteiger partial charge in [-0.1, -0.05) is 18.2 Å². The number of nitriles is 1. The highest BCUT2D eigenvalue weighted by Gasteiger charge is 2.00. The number of benzene rings is 1. The van der Waals surface area contributed by atoms with Crippen LogP contribution in [-0.4, -0.2) is 0 Å². The number of anilines is 1. The molecule has 80 valence electrons. The van der Waals surface area contributed by atoms with Gasteiger partial charge in [-0.05, 0) is 30.7 Å². The van der Waals surface area contributed by atoms with Crippen molar-refractivity contribution in [3.63, 3.8) is 0 Å². The third-order valence-electron chi connectivity index (χ3n) is 2.37. The molecular weight excluding hydrogens is 216 g/mol. The van der Waals surface area contributed by atoms with Crippen molar-refractivity contribution in [3.05, 3.63) is 51.7 Å². The van der Waals surface area contributed by atoms with Gasteiger partial charge in [0.2, 0.25) is 0 Å². The topological polar surface area (TPSA) is 35.8 Å². The molecule has 2 aromatic rings. The Bertz CT molecular complexity index is 523. The molecule has 2 nitrogen and oxygen atoms in total. The van der Waals surface area contributed by atoms with Gasteiger partial charge in [0.15, 0.2) is 0 Å². The number of thiophene rings is 1. The van der Waals surface area contributed by atoms with Crippen molar-refractivity contribution < 1.29 is 0 Å². The summed E-state index contributed by atoms with van der Waals surface area (Å²) in [6, 6.07) is 14.2. The first-order chi connectivity index (χ1) is 7.79. The van der Waals surface area contributed by atoms with Crippen LogP contribution >= 0.6 is 11.3 Å². The van der Waals surface area contributed by atoms with E-state index in [4.69, 9.17) is 5.26 Å². The molecule has 0 radical (unpaired) electrons. The lowest BCUT2D eigenvalue weighted by Crippen LogP contribution is -1.98. The van der Waals surface area contributed by atoms with E-state index in [1.807, 2.05) is 24.3 Å². The van der Waals surface area contributed by atoms with Crippen LogP contribution in [0.25, 0.3) is 0 Å². The van der Waals surface area contributed by atoms with E-state index in [2.05, 4.69) is 30.4 Å². The molecule has 0 bridgehead atoms. The SMILES string of the molecule is Cc1ccccc1NCc1ccc(C#N)s1. The standard InChI is InChI=1S/C13H12N2S/c1-10-4-2-3-5-13(10)15-9-12-7-6-11(8-14)16-12/h2-7,15H,9H2,1H3. The number of hydrogen-bond acceptors (Lipinski definition) is 3. The summed E-state index contributed by atoms with van der Waals surface area (Å²) in [7, 11) is 0. The van der Waals surface area contributed by atoms with Crippen molar-refractivity contribution in [3.8, 4) is 6.07 Å². The first-order valence-electron chi connectivity index (χ1n) is 5.08. The number of para-hydroxylation sites is 1. The molecule has 1 heterocycles. The van der Waals surface area contributed by atoms with Crippen LogP contribution in [-0.2, 0) is 6.54 Å². The lowest BCUT2D eigenvalue weighted by molar-refractivity contribution is 1.18. The van der Waals surface area contributed by atoms with E-state index in [9.17, 15) is 0 Å². The van der Waals surface area contributed by atoms with E-state index in [-0.39, 0.29) is 0 Å². The molecule has 0 amide bonds. The van der Waals surface area contributed by atoms with E-state index in [0.717, 1.165) is 17.1 Å². The Labute approximate surface area is 99.2 Å². The average molecular weight is 228 g/mol. The lowest BCUT2D eigenvalue weighted by Gasteiger charge is -2.07. The quantitative estimate of drug-likeness (QED) is 0.872. The van der Waals surface area contributed by atoms with E-state index in [1.54, 1.807) is 0 Å². The van der Waals surface area contributed by atoms with Crippen molar-refractivity contribution in [1.82, 2.24) is 0 Å². The largest absolute Gasteiger partial charge is 0.380 e. The number of nitrogens with zero attached hydrogens (tertiary/aromatic N) is 1. The summed E-state index contributed by atoms with van der Waals surface area (Å²) >= 11 is 1.53. The van der Waals surface area contributed by atoms with Crippen molar-refractivity contribution in [2.24, 2.45) is 0 Å². The molecule has 0 aliphatic carbocycles. The van der Waals surface area contributed by atoms with Crippen molar-refractivity contribution >= 4 is 17.0 Å². The minimum absolute atomic E-state index is 0.765.